The standard InChI is InChI=1S/C46H49FN4O7/c1-6-24-56-46(55)51(5)39(25-31(2)3)44(53)50(4)28-41(52)49-38(42(33-18-12-8-13-19-33)34-20-14-9-15-21-34)30-57-40-27-48-37-23-22-35(47)26-36(37)43(40)45(54)58-29-32-16-10-7-11-17-32/h6-23,26-27,31,38-39,42H,1,24-25,28-30H2,2-5H3,(H,49,52). The molecule has 11 nitrogen and oxygen atoms in total. The highest BCUT2D eigenvalue weighted by atomic mass is 19.1. The molecule has 0 spiro atoms. The number of carbonyl (C=O) groups excluding carboxylic acids is 4. The van der Waals surface area contributed by atoms with Crippen LogP contribution in [0.2, 0.25) is 0 Å². The van der Waals surface area contributed by atoms with Gasteiger partial charge in [0.2, 0.25) is 11.8 Å². The number of ether oxygens (including phenoxy) is 3. The number of aromatic nitrogens is 1. The van der Waals surface area contributed by atoms with Crippen molar-refractivity contribution in [3.63, 3.8) is 0 Å². The second kappa shape index (κ2) is 20.6. The van der Waals surface area contributed by atoms with Gasteiger partial charge in [0.25, 0.3) is 0 Å². The van der Waals surface area contributed by atoms with Gasteiger partial charge in [-0.3, -0.25) is 19.5 Å². The summed E-state index contributed by atoms with van der Waals surface area (Å²) >= 11 is 0. The van der Waals surface area contributed by atoms with Gasteiger partial charge in [-0.05, 0) is 47.2 Å². The maximum absolute atomic E-state index is 14.7. The van der Waals surface area contributed by atoms with Crippen molar-refractivity contribution in [1.82, 2.24) is 20.1 Å². The number of fused-ring (bicyclic) bond motifs is 1. The van der Waals surface area contributed by atoms with Crippen LogP contribution in [-0.4, -0.2) is 84.6 Å². The van der Waals surface area contributed by atoms with Crippen LogP contribution in [0, 0.1) is 11.7 Å². The third-order valence-electron chi connectivity index (χ3n) is 9.51. The predicted molar refractivity (Wildman–Crippen MR) is 220 cm³/mol. The van der Waals surface area contributed by atoms with Crippen molar-refractivity contribution >= 4 is 34.8 Å². The third-order valence-corrected chi connectivity index (χ3v) is 9.51. The number of esters is 1. The quantitative estimate of drug-likeness (QED) is 0.0713. The van der Waals surface area contributed by atoms with E-state index in [1.807, 2.05) is 105 Å². The lowest BCUT2D eigenvalue weighted by Gasteiger charge is -2.32. The lowest BCUT2D eigenvalue weighted by Crippen LogP contribution is -2.52. The highest BCUT2D eigenvalue weighted by Crippen LogP contribution is 2.32. The molecular weight excluding hydrogens is 740 g/mol. The van der Waals surface area contributed by atoms with Crippen molar-refractivity contribution in [2.75, 3.05) is 33.9 Å². The van der Waals surface area contributed by atoms with E-state index >= 15 is 0 Å². The Bertz CT molecular complexity index is 2130. The molecule has 5 aromatic rings. The second-order valence-corrected chi connectivity index (χ2v) is 14.3. The highest BCUT2D eigenvalue weighted by molar-refractivity contribution is 6.05. The maximum Gasteiger partial charge on any atom is 0.410 e. The summed E-state index contributed by atoms with van der Waals surface area (Å²) in [5, 5.41) is 3.30. The first-order chi connectivity index (χ1) is 28.0. The van der Waals surface area contributed by atoms with Crippen molar-refractivity contribution in [1.29, 1.82) is 0 Å². The fraction of sp³-hybridized carbons (Fsp3) is 0.283. The molecule has 4 aromatic carbocycles. The fourth-order valence-corrected chi connectivity index (χ4v) is 6.67. The van der Waals surface area contributed by atoms with E-state index in [4.69, 9.17) is 14.2 Å². The van der Waals surface area contributed by atoms with E-state index in [1.54, 1.807) is 0 Å². The summed E-state index contributed by atoms with van der Waals surface area (Å²) in [6.45, 7) is 6.88. The Hall–Kier alpha value is -6.56. The van der Waals surface area contributed by atoms with Gasteiger partial charge in [0.15, 0.2) is 5.75 Å². The van der Waals surface area contributed by atoms with Gasteiger partial charge >= 0.3 is 12.1 Å². The smallest absolute Gasteiger partial charge is 0.410 e. The zero-order valence-electron chi connectivity index (χ0n) is 33.2. The summed E-state index contributed by atoms with van der Waals surface area (Å²) in [4.78, 5) is 61.4. The molecule has 0 saturated carbocycles. The Morgan fingerprint density at radius 2 is 1.48 bits per heavy atom. The molecule has 2 unspecified atom stereocenters. The summed E-state index contributed by atoms with van der Waals surface area (Å²) in [6.07, 6.45) is 2.48. The first-order valence-electron chi connectivity index (χ1n) is 19.0. The van der Waals surface area contributed by atoms with Crippen LogP contribution in [0.5, 0.6) is 5.75 Å². The van der Waals surface area contributed by atoms with Crippen LogP contribution in [0.3, 0.4) is 0 Å². The largest absolute Gasteiger partial charge is 0.489 e. The van der Waals surface area contributed by atoms with Crippen molar-refractivity contribution in [2.45, 2.75) is 44.9 Å². The molecule has 0 radical (unpaired) electrons. The van der Waals surface area contributed by atoms with E-state index in [2.05, 4.69) is 16.9 Å². The van der Waals surface area contributed by atoms with Crippen LogP contribution in [0.1, 0.15) is 53.2 Å². The van der Waals surface area contributed by atoms with Crippen LogP contribution in [0.4, 0.5) is 9.18 Å². The predicted octanol–water partition coefficient (Wildman–Crippen LogP) is 7.55. The normalized spacial score (nSPS) is 12.1. The Morgan fingerprint density at radius 1 is 0.862 bits per heavy atom. The fourth-order valence-electron chi connectivity index (χ4n) is 6.67. The molecular formula is C46H49FN4O7. The van der Waals surface area contributed by atoms with Gasteiger partial charge in [0.1, 0.15) is 37.2 Å². The van der Waals surface area contributed by atoms with Crippen LogP contribution in [0.25, 0.3) is 10.9 Å². The van der Waals surface area contributed by atoms with Gasteiger partial charge in [-0.15, -0.1) is 0 Å². The summed E-state index contributed by atoms with van der Waals surface area (Å²) < 4.78 is 32.0. The van der Waals surface area contributed by atoms with Gasteiger partial charge in [-0.2, -0.15) is 0 Å². The SMILES string of the molecule is C=CCOC(=O)N(C)C(CC(C)C)C(=O)N(C)CC(=O)NC(COc1cnc2ccc(F)cc2c1C(=O)OCc1ccccc1)C(c1ccccc1)c1ccccc1. The van der Waals surface area contributed by atoms with E-state index in [-0.39, 0.29) is 49.0 Å². The molecule has 0 aliphatic rings. The average Bonchev–Trinajstić information content (AvgIpc) is 3.23. The zero-order valence-corrected chi connectivity index (χ0v) is 33.2. The Labute approximate surface area is 338 Å². The van der Waals surface area contributed by atoms with Crippen LogP contribution in [0.15, 0.2) is 128 Å². The number of likely N-dealkylation sites (N-methyl/N-ethyl adjacent to an activating group) is 2. The van der Waals surface area contributed by atoms with Gasteiger partial charge < -0.3 is 24.4 Å². The topological polar surface area (TPSA) is 127 Å². The molecule has 0 saturated heterocycles. The highest BCUT2D eigenvalue weighted by Gasteiger charge is 2.33. The van der Waals surface area contributed by atoms with Gasteiger partial charge in [0, 0.05) is 25.4 Å². The molecule has 0 fully saturated rings. The van der Waals surface area contributed by atoms with Gasteiger partial charge in [-0.1, -0.05) is 117 Å². The van der Waals surface area contributed by atoms with Crippen LogP contribution in [-0.2, 0) is 25.7 Å². The lowest BCUT2D eigenvalue weighted by atomic mass is 9.85. The second-order valence-electron chi connectivity index (χ2n) is 14.3. The lowest BCUT2D eigenvalue weighted by molar-refractivity contribution is -0.139. The summed E-state index contributed by atoms with van der Waals surface area (Å²) in [5.41, 5.74) is 2.84. The number of carbonyl (C=O) groups is 4. The molecule has 2 atom stereocenters. The minimum absolute atomic E-state index is 0.0139. The van der Waals surface area contributed by atoms with Crippen molar-refractivity contribution < 1.29 is 37.8 Å². The van der Waals surface area contributed by atoms with E-state index in [0.29, 0.717) is 11.9 Å². The summed E-state index contributed by atoms with van der Waals surface area (Å²) in [5.74, 6) is -2.64. The number of amides is 3. The summed E-state index contributed by atoms with van der Waals surface area (Å²) in [7, 11) is 2.99. The van der Waals surface area contributed by atoms with Crippen molar-refractivity contribution in [2.24, 2.45) is 5.92 Å². The number of nitrogens with zero attached hydrogens (tertiary/aromatic N) is 3. The molecule has 58 heavy (non-hydrogen) atoms. The van der Waals surface area contributed by atoms with Crippen molar-refractivity contribution in [3.8, 4) is 5.75 Å². The van der Waals surface area contributed by atoms with E-state index in [0.717, 1.165) is 16.7 Å². The van der Waals surface area contributed by atoms with Crippen molar-refractivity contribution in [3.05, 3.63) is 156 Å². The van der Waals surface area contributed by atoms with Crippen LogP contribution >= 0.6 is 0 Å². The number of nitrogens with one attached hydrogen (secondary N) is 1. The molecule has 5 rings (SSSR count). The maximum atomic E-state index is 14.7. The van der Waals surface area contributed by atoms with Gasteiger partial charge in [-0.25, -0.2) is 14.0 Å². The number of rotatable bonds is 18. The molecule has 1 aromatic heterocycles. The monoisotopic (exact) mass is 788 g/mol. The Balaban J connectivity index is 1.46. The van der Waals surface area contributed by atoms with E-state index in [9.17, 15) is 23.6 Å². The Morgan fingerprint density at radius 3 is 2.09 bits per heavy atom. The van der Waals surface area contributed by atoms with E-state index in [1.165, 1.54) is 54.4 Å². The molecule has 0 aliphatic heterocycles. The first kappa shape index (κ1) is 42.6. The minimum atomic E-state index is -0.888. The molecule has 302 valence electrons. The number of benzene rings is 4. The first-order valence-corrected chi connectivity index (χ1v) is 19.0. The molecule has 1 N–H and O–H groups in total. The number of hydrogen-bond donors (Lipinski definition) is 1. The van der Waals surface area contributed by atoms with Gasteiger partial charge in [0.05, 0.1) is 24.3 Å². The molecule has 0 aliphatic carbocycles. The Kier molecular flexibility index (Phi) is 15.1. The number of pyridine rings is 1. The molecule has 1 heterocycles. The number of hydrogen-bond acceptors (Lipinski definition) is 8. The third kappa shape index (κ3) is 11.3. The zero-order chi connectivity index (χ0) is 41.6. The average molecular weight is 789 g/mol. The number of halogens is 1. The van der Waals surface area contributed by atoms with E-state index < -0.39 is 47.7 Å². The summed E-state index contributed by atoms with van der Waals surface area (Å²) in [6, 6.07) is 30.5. The van der Waals surface area contributed by atoms with Crippen LogP contribution < -0.4 is 10.1 Å². The molecule has 12 heteroatoms. The molecule has 0 bridgehead atoms. The molecule has 3 amide bonds. The minimum Gasteiger partial charge on any atom is -0.489 e.